The van der Waals surface area contributed by atoms with Crippen LogP contribution >= 0.6 is 0 Å². The second-order valence-electron chi connectivity index (χ2n) is 5.31. The number of nitrogens with two attached hydrogens (primary N) is 1. The van der Waals surface area contributed by atoms with Crippen LogP contribution in [0.4, 0.5) is 14.7 Å². The van der Waals surface area contributed by atoms with Crippen molar-refractivity contribution in [2.45, 2.75) is 12.8 Å². The third-order valence-electron chi connectivity index (χ3n) is 3.84. The molecule has 0 atom stereocenters. The van der Waals surface area contributed by atoms with Gasteiger partial charge in [-0.2, -0.15) is 4.98 Å². The van der Waals surface area contributed by atoms with E-state index in [1.807, 2.05) is 0 Å². The van der Waals surface area contributed by atoms with E-state index in [2.05, 4.69) is 20.1 Å². The van der Waals surface area contributed by atoms with Gasteiger partial charge in [0.05, 0.1) is 0 Å². The molecule has 0 radical (unpaired) electrons. The molecule has 0 amide bonds. The molecule has 1 saturated heterocycles. The maximum Gasteiger partial charge on any atom is 0.245 e. The number of hydrogen-bond donors (Lipinski definition) is 2. The molecular formula is C14H17F2N5. The van der Waals surface area contributed by atoms with Gasteiger partial charge in [0.15, 0.2) is 5.82 Å². The molecule has 0 saturated carbocycles. The summed E-state index contributed by atoms with van der Waals surface area (Å²) in [4.78, 5) is 6.39. The summed E-state index contributed by atoms with van der Waals surface area (Å²) in [5.74, 6) is 0.213. The molecule has 1 aromatic carbocycles. The van der Waals surface area contributed by atoms with Crippen LogP contribution in [0.1, 0.15) is 12.8 Å². The number of rotatable bonds is 3. The Kier molecular flexibility index (Phi) is 3.83. The van der Waals surface area contributed by atoms with E-state index in [1.54, 1.807) is 0 Å². The fraction of sp³-hybridized carbons (Fsp3) is 0.429. The van der Waals surface area contributed by atoms with Crippen molar-refractivity contribution < 1.29 is 8.78 Å². The molecule has 21 heavy (non-hydrogen) atoms. The molecule has 3 N–H and O–H groups in total. The van der Waals surface area contributed by atoms with Crippen molar-refractivity contribution in [3.63, 3.8) is 0 Å². The van der Waals surface area contributed by atoms with Crippen molar-refractivity contribution in [3.8, 4) is 11.4 Å². The summed E-state index contributed by atoms with van der Waals surface area (Å²) in [6.07, 6.45) is 2.02. The second kappa shape index (κ2) is 5.77. The largest absolute Gasteiger partial charge is 0.340 e. The molecule has 1 aromatic heterocycles. The van der Waals surface area contributed by atoms with Gasteiger partial charge in [0.2, 0.25) is 5.95 Å². The van der Waals surface area contributed by atoms with Crippen molar-refractivity contribution >= 4 is 5.95 Å². The number of anilines is 1. The van der Waals surface area contributed by atoms with E-state index in [0.29, 0.717) is 29.8 Å². The maximum absolute atomic E-state index is 13.2. The normalized spacial score (nSPS) is 16.4. The van der Waals surface area contributed by atoms with Crippen LogP contribution in [0.2, 0.25) is 0 Å². The first kappa shape index (κ1) is 13.9. The monoisotopic (exact) mass is 293 g/mol. The number of nitrogens with zero attached hydrogens (tertiary/aromatic N) is 3. The lowest BCUT2D eigenvalue weighted by Gasteiger charge is -2.30. The summed E-state index contributed by atoms with van der Waals surface area (Å²) >= 11 is 0. The Balaban J connectivity index is 1.77. The van der Waals surface area contributed by atoms with E-state index in [0.717, 1.165) is 32.0 Å². The third kappa shape index (κ3) is 3.02. The molecule has 3 rings (SSSR count). The predicted molar refractivity (Wildman–Crippen MR) is 75.7 cm³/mol. The fourth-order valence-corrected chi connectivity index (χ4v) is 2.58. The highest BCUT2D eigenvalue weighted by atomic mass is 19.1. The summed E-state index contributed by atoms with van der Waals surface area (Å²) in [5, 5.41) is 6.88. The zero-order valence-corrected chi connectivity index (χ0v) is 11.5. The molecular weight excluding hydrogens is 276 g/mol. The molecule has 2 heterocycles. The highest BCUT2D eigenvalue weighted by molar-refractivity contribution is 5.56. The molecule has 0 bridgehead atoms. The van der Waals surface area contributed by atoms with Gasteiger partial charge in [0, 0.05) is 24.7 Å². The standard InChI is InChI=1S/C14H17F2N5/c15-11-5-10(6-12(16)7-11)13-18-14(20-19-13)21-3-1-9(8-17)2-4-21/h5-7,9H,1-4,8,17H2,(H,18,19,20). The summed E-state index contributed by atoms with van der Waals surface area (Å²) in [7, 11) is 0. The highest BCUT2D eigenvalue weighted by Gasteiger charge is 2.21. The number of hydrogen-bond acceptors (Lipinski definition) is 4. The molecule has 1 aliphatic heterocycles. The van der Waals surface area contributed by atoms with E-state index in [9.17, 15) is 8.78 Å². The summed E-state index contributed by atoms with van der Waals surface area (Å²) in [6.45, 7) is 2.39. The first-order valence-electron chi connectivity index (χ1n) is 6.99. The fourth-order valence-electron chi connectivity index (χ4n) is 2.58. The lowest BCUT2D eigenvalue weighted by atomic mass is 9.97. The highest BCUT2D eigenvalue weighted by Crippen LogP contribution is 2.23. The minimum absolute atomic E-state index is 0.350. The van der Waals surface area contributed by atoms with Crippen LogP contribution in [0.25, 0.3) is 11.4 Å². The number of benzene rings is 1. The molecule has 7 heteroatoms. The number of aromatic nitrogens is 3. The van der Waals surface area contributed by atoms with E-state index in [4.69, 9.17) is 5.73 Å². The van der Waals surface area contributed by atoms with Crippen LogP contribution in [-0.4, -0.2) is 34.8 Å². The first-order chi connectivity index (χ1) is 10.2. The maximum atomic E-state index is 13.2. The van der Waals surface area contributed by atoms with Gasteiger partial charge in [-0.25, -0.2) is 8.78 Å². The van der Waals surface area contributed by atoms with E-state index in [-0.39, 0.29) is 0 Å². The minimum atomic E-state index is -0.633. The first-order valence-corrected chi connectivity index (χ1v) is 6.99. The van der Waals surface area contributed by atoms with Gasteiger partial charge in [-0.1, -0.05) is 0 Å². The number of piperidine rings is 1. The zero-order chi connectivity index (χ0) is 14.8. The van der Waals surface area contributed by atoms with Crippen molar-refractivity contribution in [2.24, 2.45) is 11.7 Å². The smallest absolute Gasteiger partial charge is 0.245 e. The second-order valence-corrected chi connectivity index (χ2v) is 5.31. The van der Waals surface area contributed by atoms with Gasteiger partial charge in [-0.15, -0.1) is 5.10 Å². The van der Waals surface area contributed by atoms with Crippen molar-refractivity contribution in [2.75, 3.05) is 24.5 Å². The number of aromatic amines is 1. The lowest BCUT2D eigenvalue weighted by Crippen LogP contribution is -2.36. The van der Waals surface area contributed by atoms with Crippen LogP contribution in [-0.2, 0) is 0 Å². The summed E-state index contributed by atoms with van der Waals surface area (Å²) in [5.41, 5.74) is 6.02. The molecule has 1 fully saturated rings. The Morgan fingerprint density at radius 1 is 1.19 bits per heavy atom. The Bertz CT molecular complexity index is 599. The van der Waals surface area contributed by atoms with Crippen molar-refractivity contribution in [3.05, 3.63) is 29.8 Å². The Morgan fingerprint density at radius 2 is 1.86 bits per heavy atom. The summed E-state index contributed by atoms with van der Waals surface area (Å²) < 4.78 is 26.5. The molecule has 112 valence electrons. The van der Waals surface area contributed by atoms with Crippen LogP contribution < -0.4 is 10.6 Å². The van der Waals surface area contributed by atoms with Gasteiger partial charge < -0.3 is 10.6 Å². The van der Waals surface area contributed by atoms with Crippen LogP contribution in [0.15, 0.2) is 18.2 Å². The van der Waals surface area contributed by atoms with Gasteiger partial charge in [-0.05, 0) is 37.4 Å². The number of H-pyrrole nitrogens is 1. The number of halogens is 2. The molecule has 0 aliphatic carbocycles. The molecule has 0 unspecified atom stereocenters. The summed E-state index contributed by atoms with van der Waals surface area (Å²) in [6, 6.07) is 3.29. The Labute approximate surface area is 121 Å². The van der Waals surface area contributed by atoms with E-state index in [1.165, 1.54) is 12.1 Å². The Morgan fingerprint density at radius 3 is 2.48 bits per heavy atom. The van der Waals surface area contributed by atoms with Crippen molar-refractivity contribution in [1.82, 2.24) is 15.2 Å². The molecule has 1 aliphatic rings. The Hall–Kier alpha value is -2.02. The minimum Gasteiger partial charge on any atom is -0.340 e. The van der Waals surface area contributed by atoms with Gasteiger partial charge in [-0.3, -0.25) is 5.10 Å². The molecule has 2 aromatic rings. The van der Waals surface area contributed by atoms with Crippen molar-refractivity contribution in [1.29, 1.82) is 0 Å². The zero-order valence-electron chi connectivity index (χ0n) is 11.5. The quantitative estimate of drug-likeness (QED) is 0.907. The molecule has 5 nitrogen and oxygen atoms in total. The van der Waals surface area contributed by atoms with Gasteiger partial charge >= 0.3 is 0 Å². The number of nitrogens with one attached hydrogen (secondary N) is 1. The van der Waals surface area contributed by atoms with E-state index >= 15 is 0 Å². The average molecular weight is 293 g/mol. The average Bonchev–Trinajstić information content (AvgIpc) is 2.96. The van der Waals surface area contributed by atoms with Gasteiger partial charge in [0.1, 0.15) is 11.6 Å². The predicted octanol–water partition coefficient (Wildman–Crippen LogP) is 1.92. The SMILES string of the molecule is NCC1CCN(c2n[nH]c(-c3cc(F)cc(F)c3)n2)CC1. The van der Waals surface area contributed by atoms with Gasteiger partial charge in [0.25, 0.3) is 0 Å². The molecule has 0 spiro atoms. The van der Waals surface area contributed by atoms with E-state index < -0.39 is 11.6 Å². The van der Waals surface area contributed by atoms with Crippen LogP contribution in [0.5, 0.6) is 0 Å². The third-order valence-corrected chi connectivity index (χ3v) is 3.84. The van der Waals surface area contributed by atoms with Crippen LogP contribution in [0.3, 0.4) is 0 Å². The topological polar surface area (TPSA) is 70.8 Å². The lowest BCUT2D eigenvalue weighted by molar-refractivity contribution is 0.411. The van der Waals surface area contributed by atoms with Crippen LogP contribution in [0, 0.1) is 17.6 Å².